The van der Waals surface area contributed by atoms with E-state index in [4.69, 9.17) is 27.3 Å². The molecule has 1 aromatic heterocycles. The number of ether oxygens (including phenoxy) is 1. The number of hydrogen-bond donors (Lipinski definition) is 1. The number of halogens is 1. The van der Waals surface area contributed by atoms with E-state index in [1.54, 1.807) is 12.1 Å². The molecule has 0 amide bonds. The van der Waals surface area contributed by atoms with E-state index in [1.807, 2.05) is 32.0 Å². The molecule has 0 spiro atoms. The molecule has 1 aromatic carbocycles. The zero-order valence-electron chi connectivity index (χ0n) is 10.6. The van der Waals surface area contributed by atoms with E-state index in [1.165, 1.54) is 0 Å². The minimum atomic E-state index is 0.154. The van der Waals surface area contributed by atoms with Crippen molar-refractivity contribution in [1.82, 2.24) is 4.98 Å². The molecule has 2 aromatic rings. The highest BCUT2D eigenvalue weighted by molar-refractivity contribution is 6.30. The maximum atomic E-state index is 8.89. The summed E-state index contributed by atoms with van der Waals surface area (Å²) in [5.74, 6) is 1.02. The number of nitrogen functional groups attached to an aromatic ring is 1. The minimum Gasteiger partial charge on any atom is -0.438 e. The van der Waals surface area contributed by atoms with Crippen molar-refractivity contribution in [3.63, 3.8) is 0 Å². The standard InChI is InChI=1S/C14H12ClN3O/c1-8-5-10(15)6-9(2)14(8)19-13-4-3-11(17)12(7-16)18-13/h3-6H,17H2,1-2H3. The van der Waals surface area contributed by atoms with Crippen LogP contribution in [0.4, 0.5) is 5.69 Å². The number of rotatable bonds is 2. The number of benzene rings is 1. The Hall–Kier alpha value is -2.25. The van der Waals surface area contributed by atoms with Crippen LogP contribution in [-0.2, 0) is 0 Å². The Bertz CT molecular complexity index is 654. The third-order valence-corrected chi connectivity index (χ3v) is 2.86. The van der Waals surface area contributed by atoms with Gasteiger partial charge in [0.1, 0.15) is 11.8 Å². The molecule has 0 aliphatic rings. The third-order valence-electron chi connectivity index (χ3n) is 2.64. The molecule has 4 nitrogen and oxygen atoms in total. The molecule has 19 heavy (non-hydrogen) atoms. The Morgan fingerprint density at radius 3 is 2.47 bits per heavy atom. The van der Waals surface area contributed by atoms with Crippen LogP contribution in [0.15, 0.2) is 24.3 Å². The van der Waals surface area contributed by atoms with Gasteiger partial charge in [-0.3, -0.25) is 0 Å². The van der Waals surface area contributed by atoms with Crippen LogP contribution in [0.3, 0.4) is 0 Å². The number of nitriles is 1. The summed E-state index contributed by atoms with van der Waals surface area (Å²) in [5.41, 5.74) is 7.91. The summed E-state index contributed by atoms with van der Waals surface area (Å²) in [7, 11) is 0. The summed E-state index contributed by atoms with van der Waals surface area (Å²) in [5, 5.41) is 9.55. The highest BCUT2D eigenvalue weighted by Crippen LogP contribution is 2.31. The lowest BCUT2D eigenvalue weighted by molar-refractivity contribution is 0.455. The molecular weight excluding hydrogens is 262 g/mol. The van der Waals surface area contributed by atoms with E-state index < -0.39 is 0 Å². The number of nitrogens with zero attached hydrogens (tertiary/aromatic N) is 2. The molecule has 96 valence electrons. The van der Waals surface area contributed by atoms with Gasteiger partial charge in [-0.2, -0.15) is 5.26 Å². The average molecular weight is 274 g/mol. The second kappa shape index (κ2) is 5.17. The van der Waals surface area contributed by atoms with E-state index in [2.05, 4.69) is 4.98 Å². The highest BCUT2D eigenvalue weighted by Gasteiger charge is 2.09. The van der Waals surface area contributed by atoms with Crippen molar-refractivity contribution in [2.45, 2.75) is 13.8 Å². The number of aryl methyl sites for hydroxylation is 2. The van der Waals surface area contributed by atoms with Crippen LogP contribution in [0, 0.1) is 25.2 Å². The van der Waals surface area contributed by atoms with Gasteiger partial charge in [0.25, 0.3) is 0 Å². The molecule has 0 saturated carbocycles. The summed E-state index contributed by atoms with van der Waals surface area (Å²) >= 11 is 5.96. The van der Waals surface area contributed by atoms with E-state index in [0.29, 0.717) is 22.3 Å². The smallest absolute Gasteiger partial charge is 0.220 e. The van der Waals surface area contributed by atoms with Crippen LogP contribution in [0.5, 0.6) is 11.6 Å². The average Bonchev–Trinajstić information content (AvgIpc) is 2.35. The van der Waals surface area contributed by atoms with Crippen molar-refractivity contribution in [1.29, 1.82) is 5.26 Å². The van der Waals surface area contributed by atoms with Crippen molar-refractivity contribution >= 4 is 17.3 Å². The summed E-state index contributed by atoms with van der Waals surface area (Å²) in [6.45, 7) is 3.80. The van der Waals surface area contributed by atoms with Gasteiger partial charge in [-0.1, -0.05) is 11.6 Å². The molecular formula is C14H12ClN3O. The Morgan fingerprint density at radius 1 is 1.26 bits per heavy atom. The molecule has 2 N–H and O–H groups in total. The number of aromatic nitrogens is 1. The molecule has 0 atom stereocenters. The fraction of sp³-hybridized carbons (Fsp3) is 0.143. The fourth-order valence-electron chi connectivity index (χ4n) is 1.76. The zero-order valence-corrected chi connectivity index (χ0v) is 11.3. The summed E-state index contributed by atoms with van der Waals surface area (Å²) in [6.07, 6.45) is 0. The van der Waals surface area contributed by atoms with Crippen molar-refractivity contribution < 1.29 is 4.74 Å². The predicted octanol–water partition coefficient (Wildman–Crippen LogP) is 3.60. The highest BCUT2D eigenvalue weighted by atomic mass is 35.5. The van der Waals surface area contributed by atoms with Gasteiger partial charge in [-0.25, -0.2) is 4.98 Å². The van der Waals surface area contributed by atoms with Crippen molar-refractivity contribution in [2.75, 3.05) is 5.73 Å². The maximum Gasteiger partial charge on any atom is 0.220 e. The topological polar surface area (TPSA) is 71.9 Å². The number of anilines is 1. The summed E-state index contributed by atoms with van der Waals surface area (Å²) < 4.78 is 5.72. The molecule has 0 radical (unpaired) electrons. The van der Waals surface area contributed by atoms with Crippen LogP contribution in [0.1, 0.15) is 16.8 Å². The van der Waals surface area contributed by atoms with Gasteiger partial charge in [-0.05, 0) is 43.2 Å². The van der Waals surface area contributed by atoms with Gasteiger partial charge in [0, 0.05) is 11.1 Å². The minimum absolute atomic E-state index is 0.154. The van der Waals surface area contributed by atoms with E-state index in [0.717, 1.165) is 11.1 Å². The van der Waals surface area contributed by atoms with Gasteiger partial charge in [0.05, 0.1) is 5.69 Å². The van der Waals surface area contributed by atoms with Gasteiger partial charge in [-0.15, -0.1) is 0 Å². The number of nitrogens with two attached hydrogens (primary N) is 1. The van der Waals surface area contributed by atoms with Gasteiger partial charge < -0.3 is 10.5 Å². The Labute approximate surface area is 116 Å². The maximum absolute atomic E-state index is 8.89. The van der Waals surface area contributed by atoms with Crippen molar-refractivity contribution in [3.8, 4) is 17.7 Å². The number of hydrogen-bond acceptors (Lipinski definition) is 4. The number of pyridine rings is 1. The zero-order chi connectivity index (χ0) is 14.0. The Balaban J connectivity index is 2.40. The van der Waals surface area contributed by atoms with Crippen LogP contribution in [0.25, 0.3) is 0 Å². The molecule has 0 fully saturated rings. The van der Waals surface area contributed by atoms with E-state index in [-0.39, 0.29) is 5.69 Å². The molecule has 0 aliphatic heterocycles. The largest absolute Gasteiger partial charge is 0.438 e. The van der Waals surface area contributed by atoms with Gasteiger partial charge >= 0.3 is 0 Å². The van der Waals surface area contributed by atoms with Gasteiger partial charge in [0.2, 0.25) is 5.88 Å². The predicted molar refractivity (Wildman–Crippen MR) is 74.4 cm³/mol. The lowest BCUT2D eigenvalue weighted by atomic mass is 10.1. The first-order chi connectivity index (χ1) is 9.01. The van der Waals surface area contributed by atoms with Gasteiger partial charge in [0.15, 0.2) is 5.69 Å². The summed E-state index contributed by atoms with van der Waals surface area (Å²) in [4.78, 5) is 4.05. The third kappa shape index (κ3) is 2.78. The lowest BCUT2D eigenvalue weighted by Crippen LogP contribution is -1.98. The first-order valence-corrected chi connectivity index (χ1v) is 6.00. The molecule has 1 heterocycles. The molecule has 0 aliphatic carbocycles. The van der Waals surface area contributed by atoms with E-state index >= 15 is 0 Å². The molecule has 2 rings (SSSR count). The fourth-order valence-corrected chi connectivity index (χ4v) is 2.09. The quantitative estimate of drug-likeness (QED) is 0.907. The van der Waals surface area contributed by atoms with Crippen LogP contribution in [0.2, 0.25) is 5.02 Å². The van der Waals surface area contributed by atoms with Crippen LogP contribution >= 0.6 is 11.6 Å². The normalized spacial score (nSPS) is 10.0. The molecule has 5 heteroatoms. The van der Waals surface area contributed by atoms with Crippen molar-refractivity contribution in [3.05, 3.63) is 46.1 Å². The molecule has 0 saturated heterocycles. The second-order valence-electron chi connectivity index (χ2n) is 4.17. The Kier molecular flexibility index (Phi) is 3.59. The second-order valence-corrected chi connectivity index (χ2v) is 4.61. The van der Waals surface area contributed by atoms with Crippen molar-refractivity contribution in [2.24, 2.45) is 0 Å². The SMILES string of the molecule is Cc1cc(Cl)cc(C)c1Oc1ccc(N)c(C#N)n1. The van der Waals surface area contributed by atoms with Crippen LogP contribution < -0.4 is 10.5 Å². The lowest BCUT2D eigenvalue weighted by Gasteiger charge is -2.11. The monoisotopic (exact) mass is 273 g/mol. The molecule has 0 bridgehead atoms. The van der Waals surface area contributed by atoms with E-state index in [9.17, 15) is 0 Å². The van der Waals surface area contributed by atoms with Crippen LogP contribution in [-0.4, -0.2) is 4.98 Å². The first kappa shape index (κ1) is 13.2. The Morgan fingerprint density at radius 2 is 1.89 bits per heavy atom. The molecule has 0 unspecified atom stereocenters. The first-order valence-electron chi connectivity index (χ1n) is 5.62. The summed E-state index contributed by atoms with van der Waals surface area (Å²) in [6, 6.07) is 8.77.